The Morgan fingerprint density at radius 3 is 2.34 bits per heavy atom. The predicted octanol–water partition coefficient (Wildman–Crippen LogP) is -1.40. The van der Waals surface area contributed by atoms with Crippen molar-refractivity contribution >= 4 is 23.5 Å². The van der Waals surface area contributed by atoms with Gasteiger partial charge in [-0.25, -0.2) is 27.3 Å². The van der Waals surface area contributed by atoms with E-state index >= 15 is 4.39 Å². The van der Waals surface area contributed by atoms with Crippen LogP contribution >= 0.6 is 23.5 Å². The highest BCUT2D eigenvalue weighted by Crippen LogP contribution is 2.66. The standard InChI is InChI=1S/C10H16F2N3O14P3/c1-4(27-31(22,23)29-32(24,25)28-30(19,20)21)6-7(17)10(12,3-11)8(26-6)15-9(18)14-5(16)2-13-15/h2,4,6-8,17H,3H2,1H3,(H,22,23)(H,24,25)(H,14,16,18)(H2,19,20,21)/t4-,6+,7?,8+,10+/m0/s1. The Bertz CT molecular complexity index is 1110. The first-order valence-corrected chi connectivity index (χ1v) is 12.5. The maximum absolute atomic E-state index is 15.1. The summed E-state index contributed by atoms with van der Waals surface area (Å²) in [5.41, 5.74) is -5.73. The number of halogens is 2. The molecule has 1 aliphatic heterocycles. The Balaban J connectivity index is 2.26. The highest BCUT2D eigenvalue weighted by atomic mass is 31.3. The van der Waals surface area contributed by atoms with Gasteiger partial charge in [-0.3, -0.25) is 14.3 Å². The molecule has 184 valence electrons. The number of phosphoric acid groups is 3. The van der Waals surface area contributed by atoms with Gasteiger partial charge in [0.15, 0.2) is 6.23 Å². The number of nitrogens with one attached hydrogen (secondary N) is 1. The molecule has 0 spiro atoms. The van der Waals surface area contributed by atoms with Crippen molar-refractivity contribution in [3.05, 3.63) is 27.0 Å². The maximum atomic E-state index is 15.1. The Hall–Kier alpha value is -1.20. The molecule has 0 aliphatic carbocycles. The molecule has 2 heterocycles. The van der Waals surface area contributed by atoms with Gasteiger partial charge in [0, 0.05) is 0 Å². The molecule has 2 rings (SSSR count). The van der Waals surface area contributed by atoms with Gasteiger partial charge in [0.25, 0.3) is 5.56 Å². The first-order valence-electron chi connectivity index (χ1n) is 7.99. The molecule has 1 aromatic rings. The molecule has 0 aromatic carbocycles. The van der Waals surface area contributed by atoms with Gasteiger partial charge in [-0.05, 0) is 6.92 Å². The van der Waals surface area contributed by atoms with E-state index in [-0.39, 0.29) is 4.68 Å². The Labute approximate surface area is 175 Å². The zero-order chi connectivity index (χ0) is 24.7. The number of hydrogen-bond acceptors (Lipinski definition) is 11. The van der Waals surface area contributed by atoms with E-state index in [1.165, 1.54) is 0 Å². The lowest BCUT2D eigenvalue weighted by Gasteiger charge is -2.26. The molecule has 0 amide bonds. The molecule has 1 saturated heterocycles. The largest absolute Gasteiger partial charge is 0.490 e. The third-order valence-electron chi connectivity index (χ3n) is 3.84. The van der Waals surface area contributed by atoms with Crippen molar-refractivity contribution in [2.75, 3.05) is 6.67 Å². The Kier molecular flexibility index (Phi) is 7.79. The summed E-state index contributed by atoms with van der Waals surface area (Å²) in [5, 5.41) is 13.4. The molecule has 17 nitrogen and oxygen atoms in total. The van der Waals surface area contributed by atoms with Crippen molar-refractivity contribution in [1.82, 2.24) is 14.8 Å². The minimum Gasteiger partial charge on any atom is -0.387 e. The van der Waals surface area contributed by atoms with Gasteiger partial charge in [0.05, 0.1) is 6.10 Å². The van der Waals surface area contributed by atoms with Crippen LogP contribution < -0.4 is 11.2 Å². The van der Waals surface area contributed by atoms with Crippen LogP contribution in [0, 0.1) is 0 Å². The fraction of sp³-hybridized carbons (Fsp3) is 0.700. The predicted molar refractivity (Wildman–Crippen MR) is 93.3 cm³/mol. The normalized spacial score (nSPS) is 31.1. The van der Waals surface area contributed by atoms with Gasteiger partial charge in [-0.2, -0.15) is 18.4 Å². The Morgan fingerprint density at radius 1 is 1.25 bits per heavy atom. The minimum atomic E-state index is -5.87. The monoisotopic (exact) mass is 533 g/mol. The molecule has 1 fully saturated rings. The molecule has 3 unspecified atom stereocenters. The second-order valence-electron chi connectivity index (χ2n) is 6.24. The van der Waals surface area contributed by atoms with E-state index in [1.807, 2.05) is 0 Å². The van der Waals surface area contributed by atoms with E-state index in [0.717, 1.165) is 6.92 Å². The molecule has 0 bridgehead atoms. The number of aliphatic hydroxyl groups excluding tert-OH is 1. The van der Waals surface area contributed by atoms with Gasteiger partial charge >= 0.3 is 29.2 Å². The maximum Gasteiger partial charge on any atom is 0.490 e. The summed E-state index contributed by atoms with van der Waals surface area (Å²) in [6, 6.07) is 0. The molecule has 1 aromatic heterocycles. The summed E-state index contributed by atoms with van der Waals surface area (Å²) in [5.74, 6) is 0. The van der Waals surface area contributed by atoms with Crippen LogP contribution in [0.1, 0.15) is 13.2 Å². The number of alkyl halides is 2. The average molecular weight is 533 g/mol. The third kappa shape index (κ3) is 6.22. The second-order valence-corrected chi connectivity index (χ2v) is 10.6. The van der Waals surface area contributed by atoms with E-state index in [1.54, 1.807) is 4.98 Å². The number of hydrogen-bond donors (Lipinski definition) is 6. The number of aliphatic hydroxyl groups is 1. The van der Waals surface area contributed by atoms with E-state index < -0.39 is 71.6 Å². The van der Waals surface area contributed by atoms with E-state index in [9.17, 15) is 37.7 Å². The van der Waals surface area contributed by atoms with Gasteiger partial charge in [0.2, 0.25) is 5.67 Å². The summed E-state index contributed by atoms with van der Waals surface area (Å²) < 4.78 is 79.0. The fourth-order valence-corrected chi connectivity index (χ4v) is 5.83. The van der Waals surface area contributed by atoms with E-state index in [2.05, 4.69) is 18.2 Å². The van der Waals surface area contributed by atoms with Gasteiger partial charge < -0.3 is 29.4 Å². The first kappa shape index (κ1) is 27.0. The number of H-pyrrole nitrogens is 1. The fourth-order valence-electron chi connectivity index (χ4n) is 2.63. The van der Waals surface area contributed by atoms with Crippen molar-refractivity contribution < 1.29 is 65.0 Å². The first-order chi connectivity index (χ1) is 14.4. The molecular weight excluding hydrogens is 517 g/mol. The molecular formula is C10H16F2N3O14P3. The lowest BCUT2D eigenvalue weighted by Crippen LogP contribution is -2.49. The van der Waals surface area contributed by atoms with Crippen LogP contribution in [-0.2, 0) is 31.6 Å². The van der Waals surface area contributed by atoms with Gasteiger partial charge in [-0.15, -0.1) is 0 Å². The molecule has 22 heteroatoms. The minimum absolute atomic E-state index is 0.141. The zero-order valence-corrected chi connectivity index (χ0v) is 18.2. The average Bonchev–Trinajstić information content (AvgIpc) is 2.84. The lowest BCUT2D eigenvalue weighted by atomic mass is 9.95. The molecule has 32 heavy (non-hydrogen) atoms. The van der Waals surface area contributed by atoms with Crippen molar-refractivity contribution in [2.45, 2.75) is 37.1 Å². The van der Waals surface area contributed by atoms with Crippen LogP contribution in [0.4, 0.5) is 8.78 Å². The topological polar surface area (TPSA) is 257 Å². The molecule has 0 radical (unpaired) electrons. The number of ether oxygens (including phenoxy) is 1. The Morgan fingerprint density at radius 2 is 1.84 bits per heavy atom. The van der Waals surface area contributed by atoms with Crippen molar-refractivity contribution in [1.29, 1.82) is 0 Å². The van der Waals surface area contributed by atoms with Crippen LogP contribution in [0.15, 0.2) is 15.8 Å². The molecule has 0 saturated carbocycles. The quantitative estimate of drug-likeness (QED) is 0.200. The highest BCUT2D eigenvalue weighted by molar-refractivity contribution is 7.66. The van der Waals surface area contributed by atoms with Crippen LogP contribution in [0.3, 0.4) is 0 Å². The second kappa shape index (κ2) is 9.21. The van der Waals surface area contributed by atoms with Crippen LogP contribution in [0.2, 0.25) is 0 Å². The summed E-state index contributed by atoms with van der Waals surface area (Å²) in [7, 11) is -17.2. The van der Waals surface area contributed by atoms with Crippen molar-refractivity contribution in [3.8, 4) is 0 Å². The number of nitrogens with zero attached hydrogens (tertiary/aromatic N) is 2. The number of aromatic amines is 1. The molecule has 1 aliphatic rings. The number of rotatable bonds is 9. The summed E-state index contributed by atoms with van der Waals surface area (Å²) in [6.07, 6.45) is -8.25. The number of aromatic nitrogens is 3. The van der Waals surface area contributed by atoms with Crippen molar-refractivity contribution in [3.63, 3.8) is 0 Å². The lowest BCUT2D eigenvalue weighted by molar-refractivity contribution is -0.0919. The zero-order valence-electron chi connectivity index (χ0n) is 15.5. The molecule has 7 atom stereocenters. The third-order valence-corrected chi connectivity index (χ3v) is 7.77. The smallest absolute Gasteiger partial charge is 0.387 e. The van der Waals surface area contributed by atoms with Crippen molar-refractivity contribution in [2.24, 2.45) is 0 Å². The summed E-state index contributed by atoms with van der Waals surface area (Å²) in [4.78, 5) is 60.2. The van der Waals surface area contributed by atoms with Gasteiger partial charge in [0.1, 0.15) is 25.1 Å². The van der Waals surface area contributed by atoms with Crippen LogP contribution in [-0.4, -0.2) is 70.1 Å². The van der Waals surface area contributed by atoms with E-state index in [4.69, 9.17) is 19.4 Å². The van der Waals surface area contributed by atoms with Gasteiger partial charge in [-0.1, -0.05) is 0 Å². The van der Waals surface area contributed by atoms with E-state index in [0.29, 0.717) is 6.20 Å². The molecule has 6 N–H and O–H groups in total. The van der Waals surface area contributed by atoms with Crippen LogP contribution in [0.25, 0.3) is 0 Å². The SMILES string of the molecule is C[C@H](OP(=O)(O)OP(=O)(O)OP(=O)(O)O)[C@H]1O[C@@H](n2ncc(=O)[nH]c2=O)[C@@](F)(CF)C1O. The highest BCUT2D eigenvalue weighted by Gasteiger charge is 2.61. The summed E-state index contributed by atoms with van der Waals surface area (Å²) >= 11 is 0. The summed E-state index contributed by atoms with van der Waals surface area (Å²) in [6.45, 7) is -1.14. The van der Waals surface area contributed by atoms with Crippen LogP contribution in [0.5, 0.6) is 0 Å². The number of phosphoric ester groups is 1.